The fourth-order valence-corrected chi connectivity index (χ4v) is 2.96. The van der Waals surface area contributed by atoms with E-state index >= 15 is 0 Å². The second-order valence-corrected chi connectivity index (χ2v) is 7.98. The van der Waals surface area contributed by atoms with E-state index in [9.17, 15) is 9.59 Å². The third-order valence-electron chi connectivity index (χ3n) is 4.07. The normalized spacial score (nSPS) is 25.4. The van der Waals surface area contributed by atoms with Gasteiger partial charge in [0.25, 0.3) is 0 Å². The molecule has 0 heterocycles. The van der Waals surface area contributed by atoms with Crippen molar-refractivity contribution in [3.05, 3.63) is 0 Å². The van der Waals surface area contributed by atoms with E-state index in [0.29, 0.717) is 0 Å². The lowest BCUT2D eigenvalue weighted by molar-refractivity contribution is -0.116. The zero-order chi connectivity index (χ0) is 15.6. The van der Waals surface area contributed by atoms with Crippen LogP contribution in [0.25, 0.3) is 0 Å². The van der Waals surface area contributed by atoms with Gasteiger partial charge in [0.15, 0.2) is 0 Å². The molecular formula is C16H29NO3. The Morgan fingerprint density at radius 2 is 1.90 bits per heavy atom. The molecule has 1 aliphatic carbocycles. The molecule has 0 spiro atoms. The van der Waals surface area contributed by atoms with Crippen LogP contribution in [0.1, 0.15) is 67.2 Å². The fourth-order valence-electron chi connectivity index (χ4n) is 2.96. The quantitative estimate of drug-likeness (QED) is 0.804. The van der Waals surface area contributed by atoms with Crippen molar-refractivity contribution < 1.29 is 14.3 Å². The Labute approximate surface area is 122 Å². The number of aldehydes is 1. The first-order chi connectivity index (χ1) is 8.97. The topological polar surface area (TPSA) is 55.4 Å². The van der Waals surface area contributed by atoms with Crippen LogP contribution in [0, 0.1) is 11.3 Å². The van der Waals surface area contributed by atoms with Gasteiger partial charge in [-0.3, -0.25) is 0 Å². The number of carbonyl (C=O) groups is 2. The molecule has 2 unspecified atom stereocenters. The minimum absolute atomic E-state index is 0.163. The number of ether oxygens (including phenoxy) is 1. The minimum Gasteiger partial charge on any atom is -0.444 e. The third kappa shape index (κ3) is 4.80. The van der Waals surface area contributed by atoms with Crippen LogP contribution in [0.5, 0.6) is 0 Å². The van der Waals surface area contributed by atoms with Gasteiger partial charge in [-0.2, -0.15) is 0 Å². The van der Waals surface area contributed by atoms with Crippen molar-refractivity contribution >= 4 is 12.4 Å². The van der Waals surface area contributed by atoms with Crippen LogP contribution in [-0.4, -0.2) is 23.5 Å². The molecule has 0 saturated heterocycles. The summed E-state index contributed by atoms with van der Waals surface area (Å²) in [6, 6.07) is 0. The molecule has 0 aromatic rings. The average molecular weight is 283 g/mol. The number of rotatable bonds is 3. The molecule has 0 radical (unpaired) electrons. The maximum Gasteiger partial charge on any atom is 0.408 e. The van der Waals surface area contributed by atoms with E-state index in [0.717, 1.165) is 25.5 Å². The lowest BCUT2D eigenvalue weighted by atomic mass is 9.66. The van der Waals surface area contributed by atoms with Crippen molar-refractivity contribution in [3.8, 4) is 0 Å². The van der Waals surface area contributed by atoms with E-state index in [1.165, 1.54) is 6.42 Å². The smallest absolute Gasteiger partial charge is 0.408 e. The zero-order valence-corrected chi connectivity index (χ0v) is 13.7. The standard InChI is InChI=1S/C16H29NO3/c1-14(2,3)20-13(19)17-16(6,11-18)12-8-7-9-15(4,5)10-12/h11-12H,7-10H2,1-6H3,(H,17,19). The second kappa shape index (κ2) is 5.74. The van der Waals surface area contributed by atoms with Crippen LogP contribution < -0.4 is 5.32 Å². The highest BCUT2D eigenvalue weighted by Gasteiger charge is 2.41. The predicted octanol–water partition coefficient (Wildman–Crippen LogP) is 3.69. The highest BCUT2D eigenvalue weighted by molar-refractivity contribution is 5.76. The number of nitrogens with one attached hydrogen (secondary N) is 1. The summed E-state index contributed by atoms with van der Waals surface area (Å²) < 4.78 is 5.27. The van der Waals surface area contributed by atoms with Crippen molar-refractivity contribution in [1.82, 2.24) is 5.32 Å². The first-order valence-corrected chi connectivity index (χ1v) is 7.45. The van der Waals surface area contributed by atoms with Gasteiger partial charge >= 0.3 is 6.09 Å². The number of hydrogen-bond donors (Lipinski definition) is 1. The highest BCUT2D eigenvalue weighted by atomic mass is 16.6. The molecule has 0 aromatic carbocycles. The van der Waals surface area contributed by atoms with Crippen molar-refractivity contribution in [2.75, 3.05) is 0 Å². The molecule has 1 saturated carbocycles. The Morgan fingerprint density at radius 1 is 1.30 bits per heavy atom. The van der Waals surface area contributed by atoms with Crippen molar-refractivity contribution in [1.29, 1.82) is 0 Å². The maximum absolute atomic E-state index is 11.9. The Hall–Kier alpha value is -1.06. The molecule has 1 amide bonds. The first-order valence-electron chi connectivity index (χ1n) is 7.45. The third-order valence-corrected chi connectivity index (χ3v) is 4.07. The average Bonchev–Trinajstić information content (AvgIpc) is 2.24. The Morgan fingerprint density at radius 3 is 2.35 bits per heavy atom. The molecular weight excluding hydrogens is 254 g/mol. The number of hydrogen-bond acceptors (Lipinski definition) is 3. The summed E-state index contributed by atoms with van der Waals surface area (Å²) in [5.74, 6) is 0.163. The van der Waals surface area contributed by atoms with E-state index in [-0.39, 0.29) is 11.3 Å². The molecule has 2 atom stereocenters. The van der Waals surface area contributed by atoms with Gasteiger partial charge in [-0.1, -0.05) is 20.3 Å². The van der Waals surface area contributed by atoms with Gasteiger partial charge in [0.1, 0.15) is 11.9 Å². The minimum atomic E-state index is -0.847. The van der Waals surface area contributed by atoms with Gasteiger partial charge in [-0.15, -0.1) is 0 Å². The summed E-state index contributed by atoms with van der Waals surface area (Å²) >= 11 is 0. The van der Waals surface area contributed by atoms with Gasteiger partial charge in [0.2, 0.25) is 0 Å². The predicted molar refractivity (Wildman–Crippen MR) is 79.6 cm³/mol. The van der Waals surface area contributed by atoms with Crippen LogP contribution in [0.3, 0.4) is 0 Å². The lowest BCUT2D eigenvalue weighted by Gasteiger charge is -2.42. The molecule has 0 bridgehead atoms. The van der Waals surface area contributed by atoms with Crippen LogP contribution in [0.2, 0.25) is 0 Å². The van der Waals surface area contributed by atoms with E-state index in [1.807, 2.05) is 20.8 Å². The van der Waals surface area contributed by atoms with Crippen LogP contribution in [-0.2, 0) is 9.53 Å². The number of carbonyl (C=O) groups excluding carboxylic acids is 2. The summed E-state index contributed by atoms with van der Waals surface area (Å²) in [5.41, 5.74) is -1.18. The lowest BCUT2D eigenvalue weighted by Crippen LogP contribution is -2.55. The van der Waals surface area contributed by atoms with E-state index in [4.69, 9.17) is 4.74 Å². The van der Waals surface area contributed by atoms with Gasteiger partial charge in [-0.05, 0) is 58.3 Å². The summed E-state index contributed by atoms with van der Waals surface area (Å²) in [6.07, 6.45) is 4.52. The summed E-state index contributed by atoms with van der Waals surface area (Å²) in [5, 5.41) is 2.78. The number of amides is 1. The molecule has 20 heavy (non-hydrogen) atoms. The van der Waals surface area contributed by atoms with Gasteiger partial charge in [-0.25, -0.2) is 4.79 Å². The SMILES string of the molecule is CC1(C)CCCC(C(C)(C=O)NC(=O)OC(C)(C)C)C1. The van der Waals surface area contributed by atoms with E-state index < -0.39 is 17.2 Å². The Balaban J connectivity index is 2.76. The van der Waals surface area contributed by atoms with E-state index in [2.05, 4.69) is 19.2 Å². The molecule has 4 nitrogen and oxygen atoms in total. The molecule has 4 heteroatoms. The zero-order valence-electron chi connectivity index (χ0n) is 13.7. The van der Waals surface area contributed by atoms with Crippen molar-refractivity contribution in [3.63, 3.8) is 0 Å². The van der Waals surface area contributed by atoms with Gasteiger partial charge < -0.3 is 14.8 Å². The van der Waals surface area contributed by atoms with Crippen LogP contribution >= 0.6 is 0 Å². The van der Waals surface area contributed by atoms with Crippen molar-refractivity contribution in [2.24, 2.45) is 11.3 Å². The summed E-state index contributed by atoms with van der Waals surface area (Å²) in [4.78, 5) is 23.5. The molecule has 1 aliphatic rings. The Kier molecular flexibility index (Phi) is 4.88. The fraction of sp³-hybridized carbons (Fsp3) is 0.875. The van der Waals surface area contributed by atoms with E-state index in [1.54, 1.807) is 6.92 Å². The largest absolute Gasteiger partial charge is 0.444 e. The Bertz CT molecular complexity index is 370. The monoisotopic (exact) mass is 283 g/mol. The van der Waals surface area contributed by atoms with Crippen molar-refractivity contribution in [2.45, 2.75) is 78.4 Å². The molecule has 1 fully saturated rings. The van der Waals surface area contributed by atoms with Gasteiger partial charge in [0.05, 0.1) is 5.54 Å². The molecule has 1 rings (SSSR count). The molecule has 0 aromatic heterocycles. The summed E-state index contributed by atoms with van der Waals surface area (Å²) in [7, 11) is 0. The maximum atomic E-state index is 11.9. The molecule has 0 aliphatic heterocycles. The van der Waals surface area contributed by atoms with Gasteiger partial charge in [0, 0.05) is 0 Å². The summed E-state index contributed by atoms with van der Waals surface area (Å²) in [6.45, 7) is 11.7. The van der Waals surface area contributed by atoms with Crippen LogP contribution in [0.4, 0.5) is 4.79 Å². The first kappa shape index (κ1) is 17.0. The second-order valence-electron chi connectivity index (χ2n) is 7.98. The number of alkyl carbamates (subject to hydrolysis) is 1. The molecule has 1 N–H and O–H groups in total. The highest BCUT2D eigenvalue weighted by Crippen LogP contribution is 2.42. The van der Waals surface area contributed by atoms with Crippen LogP contribution in [0.15, 0.2) is 0 Å². The molecule has 116 valence electrons.